The molecule has 3 aromatic carbocycles. The topological polar surface area (TPSA) is 114 Å². The number of thioether (sulfide) groups is 1. The standard InChI is InChI=1S/C24H16Cl2N4O4S2/c25-15-3-10-19(20(26)11-15)21-12-36-24(28-21)29-22(31)13-35-18-8-4-16(5-9-18)27-23(32)14-1-6-17(7-2-14)30(33)34/h1-12H,13H2,(H,27,32)(H,28,29,31). The van der Waals surface area contributed by atoms with Gasteiger partial charge in [0.05, 0.1) is 21.4 Å². The van der Waals surface area contributed by atoms with Crippen LogP contribution in [0.4, 0.5) is 16.5 Å². The third-order valence-corrected chi connectivity index (χ3v) is 7.10. The van der Waals surface area contributed by atoms with E-state index in [0.717, 1.165) is 10.5 Å². The number of nitro benzene ring substituents is 1. The highest BCUT2D eigenvalue weighted by atomic mass is 35.5. The van der Waals surface area contributed by atoms with Crippen LogP contribution in [0.1, 0.15) is 10.4 Å². The molecule has 0 unspecified atom stereocenters. The van der Waals surface area contributed by atoms with Crippen LogP contribution in [-0.2, 0) is 4.79 Å². The van der Waals surface area contributed by atoms with Gasteiger partial charge in [-0.3, -0.25) is 19.7 Å². The average molecular weight is 559 g/mol. The van der Waals surface area contributed by atoms with E-state index < -0.39 is 4.92 Å². The molecule has 0 radical (unpaired) electrons. The highest BCUT2D eigenvalue weighted by Gasteiger charge is 2.12. The molecule has 1 heterocycles. The maximum atomic E-state index is 12.4. The number of carbonyl (C=O) groups excluding carboxylic acids is 2. The molecule has 182 valence electrons. The Balaban J connectivity index is 1.28. The Morgan fingerprint density at radius 2 is 1.72 bits per heavy atom. The fourth-order valence-electron chi connectivity index (χ4n) is 3.03. The molecule has 0 aliphatic rings. The lowest BCUT2D eigenvalue weighted by molar-refractivity contribution is -0.384. The van der Waals surface area contributed by atoms with Crippen molar-refractivity contribution >= 4 is 74.6 Å². The number of nitrogens with one attached hydrogen (secondary N) is 2. The summed E-state index contributed by atoms with van der Waals surface area (Å²) in [5, 5.41) is 19.5. The van der Waals surface area contributed by atoms with Crippen LogP contribution >= 0.6 is 46.3 Å². The number of non-ortho nitro benzene ring substituents is 1. The molecular formula is C24H16Cl2N4O4S2. The Kier molecular flexibility index (Phi) is 8.21. The van der Waals surface area contributed by atoms with Crippen LogP contribution < -0.4 is 10.6 Å². The van der Waals surface area contributed by atoms with Crippen molar-refractivity contribution in [1.29, 1.82) is 0 Å². The van der Waals surface area contributed by atoms with Crippen LogP contribution in [0.3, 0.4) is 0 Å². The van der Waals surface area contributed by atoms with E-state index in [0.29, 0.717) is 32.1 Å². The van der Waals surface area contributed by atoms with Crippen molar-refractivity contribution < 1.29 is 14.5 Å². The van der Waals surface area contributed by atoms with E-state index in [1.165, 1.54) is 47.4 Å². The lowest BCUT2D eigenvalue weighted by atomic mass is 10.2. The number of anilines is 2. The summed E-state index contributed by atoms with van der Waals surface area (Å²) in [5.74, 6) is -0.420. The summed E-state index contributed by atoms with van der Waals surface area (Å²) in [5.41, 5.74) is 2.16. The normalized spacial score (nSPS) is 10.6. The largest absolute Gasteiger partial charge is 0.322 e. The van der Waals surface area contributed by atoms with Crippen molar-refractivity contribution in [3.8, 4) is 11.3 Å². The second kappa shape index (κ2) is 11.5. The van der Waals surface area contributed by atoms with Crippen LogP contribution in [0, 0.1) is 10.1 Å². The average Bonchev–Trinajstić information content (AvgIpc) is 3.31. The summed E-state index contributed by atoms with van der Waals surface area (Å²) in [6.07, 6.45) is 0. The van der Waals surface area contributed by atoms with Crippen molar-refractivity contribution in [2.75, 3.05) is 16.4 Å². The molecule has 0 aliphatic heterocycles. The van der Waals surface area contributed by atoms with E-state index in [9.17, 15) is 19.7 Å². The number of nitrogens with zero attached hydrogens (tertiary/aromatic N) is 2. The first kappa shape index (κ1) is 25.6. The molecule has 0 saturated carbocycles. The molecule has 4 rings (SSSR count). The molecule has 0 spiro atoms. The molecule has 0 fully saturated rings. The number of carbonyl (C=O) groups is 2. The molecule has 0 aliphatic carbocycles. The third kappa shape index (κ3) is 6.61. The van der Waals surface area contributed by atoms with Gasteiger partial charge in [0, 0.05) is 44.2 Å². The van der Waals surface area contributed by atoms with Gasteiger partial charge in [-0.15, -0.1) is 23.1 Å². The van der Waals surface area contributed by atoms with E-state index in [2.05, 4.69) is 15.6 Å². The van der Waals surface area contributed by atoms with E-state index in [1.807, 2.05) is 5.38 Å². The van der Waals surface area contributed by atoms with E-state index in [1.54, 1.807) is 42.5 Å². The van der Waals surface area contributed by atoms with Crippen molar-refractivity contribution in [2.24, 2.45) is 0 Å². The van der Waals surface area contributed by atoms with Crippen molar-refractivity contribution in [2.45, 2.75) is 4.90 Å². The van der Waals surface area contributed by atoms with Gasteiger partial charge in [-0.05, 0) is 54.6 Å². The fraction of sp³-hybridized carbons (Fsp3) is 0.0417. The molecule has 36 heavy (non-hydrogen) atoms. The number of hydrogen-bond donors (Lipinski definition) is 2. The zero-order valence-electron chi connectivity index (χ0n) is 18.2. The maximum absolute atomic E-state index is 12.4. The Morgan fingerprint density at radius 3 is 2.39 bits per heavy atom. The first-order valence-electron chi connectivity index (χ1n) is 10.3. The van der Waals surface area contributed by atoms with Gasteiger partial charge in [-0.25, -0.2) is 4.98 Å². The van der Waals surface area contributed by atoms with Crippen molar-refractivity contribution in [1.82, 2.24) is 4.98 Å². The van der Waals surface area contributed by atoms with E-state index in [4.69, 9.17) is 23.2 Å². The molecule has 12 heteroatoms. The SMILES string of the molecule is O=C(CSc1ccc(NC(=O)c2ccc([N+](=O)[O-])cc2)cc1)Nc1nc(-c2ccc(Cl)cc2Cl)cs1. The van der Waals surface area contributed by atoms with Gasteiger partial charge in [0.1, 0.15) is 0 Å². The minimum Gasteiger partial charge on any atom is -0.322 e. The summed E-state index contributed by atoms with van der Waals surface area (Å²) < 4.78 is 0. The van der Waals surface area contributed by atoms with Crippen LogP contribution in [0.15, 0.2) is 77.0 Å². The van der Waals surface area contributed by atoms with Gasteiger partial charge in [-0.1, -0.05) is 23.2 Å². The predicted molar refractivity (Wildman–Crippen MR) is 144 cm³/mol. The van der Waals surface area contributed by atoms with Gasteiger partial charge in [0.15, 0.2) is 5.13 Å². The van der Waals surface area contributed by atoms with Gasteiger partial charge in [-0.2, -0.15) is 0 Å². The van der Waals surface area contributed by atoms with Crippen LogP contribution in [0.2, 0.25) is 10.0 Å². The molecule has 0 saturated heterocycles. The number of aromatic nitrogens is 1. The lowest BCUT2D eigenvalue weighted by Gasteiger charge is -2.07. The monoisotopic (exact) mass is 558 g/mol. The highest BCUT2D eigenvalue weighted by molar-refractivity contribution is 8.00. The summed E-state index contributed by atoms with van der Waals surface area (Å²) >= 11 is 14.8. The molecule has 0 bridgehead atoms. The van der Waals surface area contributed by atoms with Crippen molar-refractivity contribution in [3.05, 3.63) is 97.8 Å². The molecule has 4 aromatic rings. The number of rotatable bonds is 8. The maximum Gasteiger partial charge on any atom is 0.269 e. The quantitative estimate of drug-likeness (QED) is 0.136. The minimum atomic E-state index is -0.524. The van der Waals surface area contributed by atoms with E-state index >= 15 is 0 Å². The first-order valence-corrected chi connectivity index (χ1v) is 12.9. The minimum absolute atomic E-state index is 0.0850. The Labute approximate surface area is 223 Å². The number of hydrogen-bond acceptors (Lipinski definition) is 7. The number of thiazole rings is 1. The van der Waals surface area contributed by atoms with Gasteiger partial charge in [0.25, 0.3) is 11.6 Å². The van der Waals surface area contributed by atoms with Gasteiger partial charge >= 0.3 is 0 Å². The van der Waals surface area contributed by atoms with Crippen molar-refractivity contribution in [3.63, 3.8) is 0 Å². The summed E-state index contributed by atoms with van der Waals surface area (Å²) in [7, 11) is 0. The van der Waals surface area contributed by atoms with Crippen LogP contribution in [0.5, 0.6) is 0 Å². The zero-order chi connectivity index (χ0) is 25.7. The molecular weight excluding hydrogens is 543 g/mol. The molecule has 2 amide bonds. The van der Waals surface area contributed by atoms with Gasteiger partial charge in [0.2, 0.25) is 5.91 Å². The fourth-order valence-corrected chi connectivity index (χ4v) is 4.96. The molecule has 8 nitrogen and oxygen atoms in total. The van der Waals surface area contributed by atoms with E-state index in [-0.39, 0.29) is 23.3 Å². The third-order valence-electron chi connectivity index (χ3n) is 4.78. The zero-order valence-corrected chi connectivity index (χ0v) is 21.4. The predicted octanol–water partition coefficient (Wildman–Crippen LogP) is 7.01. The smallest absolute Gasteiger partial charge is 0.269 e. The highest BCUT2D eigenvalue weighted by Crippen LogP contribution is 2.32. The number of halogens is 2. The van der Waals surface area contributed by atoms with Crippen LogP contribution in [0.25, 0.3) is 11.3 Å². The Bertz CT molecular complexity index is 1430. The number of benzene rings is 3. The van der Waals surface area contributed by atoms with Gasteiger partial charge < -0.3 is 10.6 Å². The summed E-state index contributed by atoms with van der Waals surface area (Å²) in [6, 6.07) is 17.5. The van der Waals surface area contributed by atoms with Crippen LogP contribution in [-0.4, -0.2) is 27.5 Å². The Hall–Kier alpha value is -3.44. The molecule has 1 aromatic heterocycles. The number of amides is 2. The summed E-state index contributed by atoms with van der Waals surface area (Å²) in [6.45, 7) is 0. The summed E-state index contributed by atoms with van der Waals surface area (Å²) in [4.78, 5) is 40.2. The lowest BCUT2D eigenvalue weighted by Crippen LogP contribution is -2.13. The Morgan fingerprint density at radius 1 is 1.00 bits per heavy atom. The first-order chi connectivity index (χ1) is 17.3. The second-order valence-corrected chi connectivity index (χ2v) is 10.0. The number of nitro groups is 1. The molecule has 0 atom stereocenters. The second-order valence-electron chi connectivity index (χ2n) is 7.28. The molecule has 2 N–H and O–H groups in total.